The van der Waals surface area contributed by atoms with Crippen LogP contribution in [0.5, 0.6) is 5.75 Å². The van der Waals surface area contributed by atoms with Crippen LogP contribution in [0.15, 0.2) is 24.3 Å². The molecule has 2 aromatic heterocycles. The maximum atomic E-state index is 13.2. The number of likely N-dealkylation sites (tertiary alicyclic amines) is 1. The molecule has 2 aliphatic rings. The number of benzene rings is 1. The van der Waals surface area contributed by atoms with Gasteiger partial charge in [-0.25, -0.2) is 9.78 Å². The fourth-order valence-corrected chi connectivity index (χ4v) is 4.80. The number of hydrogen-bond donors (Lipinski definition) is 2. The molecular formula is C24H29N5O4. The number of methoxy groups -OCH3 is 1. The minimum atomic E-state index is -0.953. The maximum absolute atomic E-state index is 13.2. The Hall–Kier alpha value is -3.33. The van der Waals surface area contributed by atoms with Gasteiger partial charge in [-0.05, 0) is 55.9 Å². The number of aryl methyl sites for hydroxylation is 1. The summed E-state index contributed by atoms with van der Waals surface area (Å²) in [6.07, 6.45) is 4.04. The van der Waals surface area contributed by atoms with Crippen LogP contribution in [0.2, 0.25) is 0 Å². The maximum Gasteiger partial charge on any atom is 0.352 e. The lowest BCUT2D eigenvalue weighted by Crippen LogP contribution is -2.45. The van der Waals surface area contributed by atoms with E-state index in [1.165, 1.54) is 0 Å². The Morgan fingerprint density at radius 1 is 1.24 bits per heavy atom. The molecule has 1 aliphatic carbocycles. The fraction of sp³-hybridized carbons (Fsp3) is 0.458. The highest BCUT2D eigenvalue weighted by Crippen LogP contribution is 2.36. The Kier molecular flexibility index (Phi) is 5.36. The number of carbonyl (C=O) groups excluding carboxylic acids is 1. The van der Waals surface area contributed by atoms with Gasteiger partial charge in [0.1, 0.15) is 17.0 Å². The van der Waals surface area contributed by atoms with Gasteiger partial charge >= 0.3 is 5.97 Å². The van der Waals surface area contributed by atoms with Crippen LogP contribution >= 0.6 is 0 Å². The molecule has 174 valence electrons. The summed E-state index contributed by atoms with van der Waals surface area (Å²) in [5.74, 6) is 0.658. The van der Waals surface area contributed by atoms with E-state index in [4.69, 9.17) is 15.5 Å². The van der Waals surface area contributed by atoms with Crippen molar-refractivity contribution in [2.75, 3.05) is 20.2 Å². The van der Waals surface area contributed by atoms with Crippen molar-refractivity contribution in [2.45, 2.75) is 38.3 Å². The van der Waals surface area contributed by atoms with Crippen LogP contribution in [-0.4, -0.2) is 62.2 Å². The zero-order valence-corrected chi connectivity index (χ0v) is 19.0. The first-order chi connectivity index (χ1) is 15.9. The molecule has 0 radical (unpaired) electrons. The number of amides is 1. The van der Waals surface area contributed by atoms with E-state index >= 15 is 0 Å². The van der Waals surface area contributed by atoms with E-state index in [2.05, 4.69) is 0 Å². The van der Waals surface area contributed by atoms with Gasteiger partial charge in [0.25, 0.3) is 5.91 Å². The fourth-order valence-electron chi connectivity index (χ4n) is 4.80. The molecule has 1 saturated heterocycles. The van der Waals surface area contributed by atoms with Gasteiger partial charge in [0, 0.05) is 38.3 Å². The number of piperidine rings is 1. The van der Waals surface area contributed by atoms with Crippen LogP contribution in [0.25, 0.3) is 22.6 Å². The zero-order chi connectivity index (χ0) is 23.3. The molecule has 3 aromatic rings. The summed E-state index contributed by atoms with van der Waals surface area (Å²) < 4.78 is 9.40. The Balaban J connectivity index is 1.59. The molecular weight excluding hydrogens is 422 g/mol. The molecule has 5 rings (SSSR count). The number of rotatable bonds is 6. The van der Waals surface area contributed by atoms with E-state index in [9.17, 15) is 14.7 Å². The second-order valence-corrected chi connectivity index (χ2v) is 9.16. The van der Waals surface area contributed by atoms with Crippen molar-refractivity contribution in [2.24, 2.45) is 18.7 Å². The van der Waals surface area contributed by atoms with E-state index in [1.54, 1.807) is 36.3 Å². The van der Waals surface area contributed by atoms with Crippen molar-refractivity contribution in [1.82, 2.24) is 19.0 Å². The first-order valence-corrected chi connectivity index (χ1v) is 11.4. The van der Waals surface area contributed by atoms with Gasteiger partial charge in [0.05, 0.1) is 18.3 Å². The smallest absolute Gasteiger partial charge is 0.352 e. The Labute approximate surface area is 191 Å². The molecule has 3 N–H and O–H groups in total. The van der Waals surface area contributed by atoms with Crippen LogP contribution < -0.4 is 10.5 Å². The third kappa shape index (κ3) is 3.86. The summed E-state index contributed by atoms with van der Waals surface area (Å²) in [6, 6.07) is 6.97. The summed E-state index contributed by atoms with van der Waals surface area (Å²) in [7, 11) is 3.46. The van der Waals surface area contributed by atoms with Crippen molar-refractivity contribution in [3.05, 3.63) is 35.5 Å². The monoisotopic (exact) mass is 451 g/mol. The molecule has 3 heterocycles. The summed E-state index contributed by atoms with van der Waals surface area (Å²) in [6.45, 7) is 1.88. The normalized spacial score (nSPS) is 18.6. The second kappa shape index (κ2) is 8.22. The minimum absolute atomic E-state index is 0.00235. The van der Waals surface area contributed by atoms with E-state index in [0.717, 1.165) is 36.9 Å². The number of carboxylic acid groups (broad SMARTS) is 1. The summed E-state index contributed by atoms with van der Waals surface area (Å²) in [5, 5.41) is 9.67. The highest BCUT2D eigenvalue weighted by Gasteiger charge is 2.28. The van der Waals surface area contributed by atoms with Gasteiger partial charge in [0.2, 0.25) is 0 Å². The first-order valence-electron chi connectivity index (χ1n) is 11.4. The molecule has 1 amide bonds. The van der Waals surface area contributed by atoms with Gasteiger partial charge in [-0.2, -0.15) is 0 Å². The third-order valence-electron chi connectivity index (χ3n) is 6.71. The standard InChI is InChI=1S/C24H29N5O4/c1-27-21-17(10-15(11-20(21)33-2)23(30)28-9-3-4-16(25)13-28)26-22(27)18-7-8-19(24(31)32)29(18)12-14-5-6-14/h7-8,10-11,14,16H,3-6,9,12-13,25H2,1-2H3,(H,31,32)/t16-/m1/s1. The highest BCUT2D eigenvalue weighted by atomic mass is 16.5. The number of imidazole rings is 1. The van der Waals surface area contributed by atoms with Crippen molar-refractivity contribution < 1.29 is 19.4 Å². The Bertz CT molecular complexity index is 1240. The van der Waals surface area contributed by atoms with Crippen LogP contribution in [0.4, 0.5) is 0 Å². The lowest BCUT2D eigenvalue weighted by molar-refractivity contribution is 0.0682. The number of hydrogen-bond acceptors (Lipinski definition) is 5. The van der Waals surface area contributed by atoms with E-state index in [1.807, 2.05) is 16.2 Å². The van der Waals surface area contributed by atoms with Gasteiger partial charge in [-0.1, -0.05) is 0 Å². The number of carbonyl (C=O) groups is 2. The first kappa shape index (κ1) is 21.5. The van der Waals surface area contributed by atoms with Crippen LogP contribution in [0, 0.1) is 5.92 Å². The largest absolute Gasteiger partial charge is 0.494 e. The quantitative estimate of drug-likeness (QED) is 0.595. The number of nitrogens with zero attached hydrogens (tertiary/aromatic N) is 4. The topological polar surface area (TPSA) is 116 Å². The molecule has 1 aromatic carbocycles. The summed E-state index contributed by atoms with van der Waals surface area (Å²) in [4.78, 5) is 31.6. The number of ether oxygens (including phenoxy) is 1. The van der Waals surface area contributed by atoms with Crippen molar-refractivity contribution in [3.8, 4) is 17.3 Å². The molecule has 33 heavy (non-hydrogen) atoms. The number of fused-ring (bicyclic) bond motifs is 1. The predicted octanol–water partition coefficient (Wildman–Crippen LogP) is 2.72. The van der Waals surface area contributed by atoms with Gasteiger partial charge in [-0.3, -0.25) is 4.79 Å². The van der Waals surface area contributed by atoms with Crippen molar-refractivity contribution in [3.63, 3.8) is 0 Å². The Morgan fingerprint density at radius 2 is 2.03 bits per heavy atom. The van der Waals surface area contributed by atoms with Crippen molar-refractivity contribution in [1.29, 1.82) is 0 Å². The lowest BCUT2D eigenvalue weighted by Gasteiger charge is -2.30. The predicted molar refractivity (Wildman–Crippen MR) is 123 cm³/mol. The minimum Gasteiger partial charge on any atom is -0.494 e. The molecule has 2 fully saturated rings. The van der Waals surface area contributed by atoms with Crippen LogP contribution in [0.3, 0.4) is 0 Å². The van der Waals surface area contributed by atoms with Crippen LogP contribution in [0.1, 0.15) is 46.5 Å². The molecule has 1 aliphatic heterocycles. The molecule has 9 heteroatoms. The van der Waals surface area contributed by atoms with E-state index in [0.29, 0.717) is 48.2 Å². The molecule has 1 atom stereocenters. The number of aromatic carboxylic acids is 1. The van der Waals surface area contributed by atoms with E-state index < -0.39 is 5.97 Å². The molecule has 1 saturated carbocycles. The number of aromatic nitrogens is 3. The van der Waals surface area contributed by atoms with Gasteiger partial charge in [-0.15, -0.1) is 0 Å². The van der Waals surface area contributed by atoms with Crippen LogP contribution in [-0.2, 0) is 13.6 Å². The summed E-state index contributed by atoms with van der Waals surface area (Å²) >= 11 is 0. The summed E-state index contributed by atoms with van der Waals surface area (Å²) in [5.41, 5.74) is 8.98. The molecule has 0 unspecified atom stereocenters. The average molecular weight is 452 g/mol. The Morgan fingerprint density at radius 3 is 2.70 bits per heavy atom. The molecule has 0 spiro atoms. The highest BCUT2D eigenvalue weighted by molar-refractivity contribution is 6.00. The van der Waals surface area contributed by atoms with Crippen molar-refractivity contribution >= 4 is 22.9 Å². The third-order valence-corrected chi connectivity index (χ3v) is 6.71. The number of nitrogens with two attached hydrogens (primary N) is 1. The SMILES string of the molecule is COc1cc(C(=O)N2CCC[C@@H](N)C2)cc2nc(-c3ccc(C(=O)O)n3CC3CC3)n(C)c12. The van der Waals surface area contributed by atoms with Gasteiger partial charge in [0.15, 0.2) is 5.82 Å². The molecule has 0 bridgehead atoms. The lowest BCUT2D eigenvalue weighted by atomic mass is 10.0. The average Bonchev–Trinajstić information content (AvgIpc) is 3.43. The van der Waals surface area contributed by atoms with E-state index in [-0.39, 0.29) is 17.6 Å². The molecule has 9 nitrogen and oxygen atoms in total. The van der Waals surface area contributed by atoms with Gasteiger partial charge < -0.3 is 29.6 Å². The second-order valence-electron chi connectivity index (χ2n) is 9.16. The number of carboxylic acids is 1. The zero-order valence-electron chi connectivity index (χ0n) is 19.0.